The van der Waals surface area contributed by atoms with Crippen molar-refractivity contribution in [1.29, 1.82) is 0 Å². The van der Waals surface area contributed by atoms with Crippen LogP contribution in [-0.2, 0) is 0 Å². The van der Waals surface area contributed by atoms with Gasteiger partial charge in [0.1, 0.15) is 0 Å². The summed E-state index contributed by atoms with van der Waals surface area (Å²) in [5.41, 5.74) is 12.2. The second kappa shape index (κ2) is 10.9. The number of carboxylic acids is 2. The van der Waals surface area contributed by atoms with Crippen molar-refractivity contribution in [3.05, 3.63) is 169 Å². The minimum Gasteiger partial charge on any atom is -0.478 e. The molecule has 0 spiro atoms. The van der Waals surface area contributed by atoms with Crippen LogP contribution in [0.5, 0.6) is 0 Å². The minimum atomic E-state index is -0.944. The van der Waals surface area contributed by atoms with E-state index in [1.54, 1.807) is 0 Å². The fraction of sp³-hybridized carbons (Fsp3) is 0. The highest BCUT2D eigenvalue weighted by atomic mass is 16.4. The number of rotatable bonds is 4. The van der Waals surface area contributed by atoms with E-state index < -0.39 is 11.9 Å². The summed E-state index contributed by atoms with van der Waals surface area (Å²) < 4.78 is 0. The average Bonchev–Trinajstić information content (AvgIpc) is 3.77. The standard InChI is InChI=1S/C54H28O4/c55-53(56)51-31-17-9-7-15-29(31)41(27-11-3-1-4-12-27)47-37-23-19-33-36-22-26-40-46-38(24-20-34(44(36)46)35-21-25-39(49(47)51)45(37)43(33)35)48-42(28-13-5-2-6-14-28)30-16-8-10-18-32(30)52(50(40)48)54(57)58/h1-26H,(H,55,56)(H,57,58). The summed E-state index contributed by atoms with van der Waals surface area (Å²) in [5.74, 6) is -1.89. The Kier molecular flexibility index (Phi) is 5.92. The summed E-state index contributed by atoms with van der Waals surface area (Å²) in [6, 6.07) is 53.8. The third-order valence-corrected chi connectivity index (χ3v) is 13.0. The van der Waals surface area contributed by atoms with Crippen LogP contribution < -0.4 is 0 Å². The van der Waals surface area contributed by atoms with E-state index in [0.717, 1.165) is 131 Å². The summed E-state index contributed by atoms with van der Waals surface area (Å²) in [6.45, 7) is 0. The van der Waals surface area contributed by atoms with Crippen molar-refractivity contribution in [3.8, 4) is 66.8 Å². The molecule has 11 aromatic carbocycles. The number of carbonyl (C=O) groups is 2. The number of fused-ring (bicyclic) bond motifs is 10. The summed E-state index contributed by atoms with van der Waals surface area (Å²) in [6.07, 6.45) is 0. The Morgan fingerprint density at radius 2 is 0.586 bits per heavy atom. The van der Waals surface area contributed by atoms with Crippen molar-refractivity contribution < 1.29 is 19.8 Å². The third kappa shape index (κ3) is 3.70. The summed E-state index contributed by atoms with van der Waals surface area (Å²) in [7, 11) is 0. The van der Waals surface area contributed by atoms with Crippen LogP contribution in [-0.4, -0.2) is 22.2 Å². The van der Waals surface area contributed by atoms with Crippen LogP contribution in [0.4, 0.5) is 0 Å². The lowest BCUT2D eigenvalue weighted by molar-refractivity contribution is 0.0689. The quantitative estimate of drug-likeness (QED) is 0.139. The van der Waals surface area contributed by atoms with Crippen molar-refractivity contribution in [2.75, 3.05) is 0 Å². The Morgan fingerprint density at radius 1 is 0.276 bits per heavy atom. The zero-order chi connectivity index (χ0) is 38.6. The first kappa shape index (κ1) is 31.4. The monoisotopic (exact) mass is 740 g/mol. The number of hydrogen-bond donors (Lipinski definition) is 2. The molecule has 0 unspecified atom stereocenters. The molecule has 0 fully saturated rings. The normalized spacial score (nSPS) is 12.4. The van der Waals surface area contributed by atoms with Gasteiger partial charge in [0.05, 0.1) is 11.1 Å². The molecule has 4 nitrogen and oxygen atoms in total. The molecule has 58 heavy (non-hydrogen) atoms. The fourth-order valence-electron chi connectivity index (χ4n) is 10.9. The zero-order valence-corrected chi connectivity index (χ0v) is 30.7. The van der Waals surface area contributed by atoms with E-state index in [0.29, 0.717) is 11.1 Å². The van der Waals surface area contributed by atoms with E-state index in [-0.39, 0.29) is 0 Å². The lowest BCUT2D eigenvalue weighted by Crippen LogP contribution is -2.03. The van der Waals surface area contributed by atoms with Crippen molar-refractivity contribution in [2.24, 2.45) is 0 Å². The number of hydrogen-bond acceptors (Lipinski definition) is 2. The maximum atomic E-state index is 13.4. The van der Waals surface area contributed by atoms with Crippen LogP contribution in [0.15, 0.2) is 158 Å². The van der Waals surface area contributed by atoms with Gasteiger partial charge >= 0.3 is 11.9 Å². The predicted octanol–water partition coefficient (Wildman–Crippen LogP) is 14.1. The van der Waals surface area contributed by atoms with Gasteiger partial charge in [0.2, 0.25) is 0 Å². The molecule has 2 aliphatic rings. The Hall–Kier alpha value is -7.82. The van der Waals surface area contributed by atoms with E-state index in [1.165, 1.54) is 0 Å². The lowest BCUT2D eigenvalue weighted by Gasteiger charge is -2.18. The molecule has 11 aromatic rings. The molecule has 0 radical (unpaired) electrons. The van der Waals surface area contributed by atoms with Gasteiger partial charge in [-0.3, -0.25) is 0 Å². The average molecular weight is 741 g/mol. The Labute approximate surface area is 330 Å². The van der Waals surface area contributed by atoms with Crippen LogP contribution in [0.1, 0.15) is 20.7 Å². The van der Waals surface area contributed by atoms with Crippen LogP contribution in [0, 0.1) is 0 Å². The van der Waals surface area contributed by atoms with Gasteiger partial charge in [-0.25, -0.2) is 9.59 Å². The van der Waals surface area contributed by atoms with Crippen LogP contribution in [0.2, 0.25) is 0 Å². The maximum absolute atomic E-state index is 13.4. The van der Waals surface area contributed by atoms with Gasteiger partial charge in [0.25, 0.3) is 0 Å². The highest BCUT2D eigenvalue weighted by Gasteiger charge is 2.36. The van der Waals surface area contributed by atoms with Gasteiger partial charge in [-0.1, -0.05) is 158 Å². The minimum absolute atomic E-state index is 0.324. The molecule has 13 rings (SSSR count). The molecule has 0 amide bonds. The van der Waals surface area contributed by atoms with E-state index in [4.69, 9.17) is 0 Å². The molecule has 4 heteroatoms. The molecule has 0 heterocycles. The lowest BCUT2D eigenvalue weighted by atomic mass is 9.84. The SMILES string of the molecule is O=C(O)c1c2c(c(-c3ccccc3)c3ccccc13)-c1ccc3c4ccc5c6c(ccc(c7ccc-2c1c73)c64)-c1c-5c(C(=O)O)c2ccccc2c1-c1ccccc1. The van der Waals surface area contributed by atoms with Gasteiger partial charge in [-0.15, -0.1) is 0 Å². The Bertz CT molecular complexity index is 3450. The van der Waals surface area contributed by atoms with Crippen molar-refractivity contribution >= 4 is 76.6 Å². The molecule has 0 saturated heterocycles. The van der Waals surface area contributed by atoms with Gasteiger partial charge in [0, 0.05) is 11.1 Å². The van der Waals surface area contributed by atoms with Gasteiger partial charge in [0.15, 0.2) is 0 Å². The molecule has 0 aliphatic heterocycles. The number of carboxylic acid groups (broad SMARTS) is 2. The first-order chi connectivity index (χ1) is 28.5. The van der Waals surface area contributed by atoms with Gasteiger partial charge in [-0.2, -0.15) is 0 Å². The molecule has 2 N–H and O–H groups in total. The summed E-state index contributed by atoms with van der Waals surface area (Å²) in [4.78, 5) is 26.7. The van der Waals surface area contributed by atoms with Crippen molar-refractivity contribution in [1.82, 2.24) is 0 Å². The van der Waals surface area contributed by atoms with Crippen LogP contribution in [0.3, 0.4) is 0 Å². The topological polar surface area (TPSA) is 74.6 Å². The van der Waals surface area contributed by atoms with Gasteiger partial charge in [-0.05, 0) is 120 Å². The first-order valence-electron chi connectivity index (χ1n) is 19.5. The second-order valence-electron chi connectivity index (χ2n) is 15.6. The first-order valence-corrected chi connectivity index (χ1v) is 19.5. The Morgan fingerprint density at radius 3 is 0.931 bits per heavy atom. The predicted molar refractivity (Wildman–Crippen MR) is 236 cm³/mol. The fourth-order valence-corrected chi connectivity index (χ4v) is 10.9. The molecule has 0 atom stereocenters. The highest BCUT2D eigenvalue weighted by molar-refractivity contribution is 6.42. The van der Waals surface area contributed by atoms with E-state index >= 15 is 0 Å². The number of aromatic carboxylic acids is 2. The highest BCUT2D eigenvalue weighted by Crippen LogP contribution is 2.61. The summed E-state index contributed by atoms with van der Waals surface area (Å²) >= 11 is 0. The van der Waals surface area contributed by atoms with Crippen LogP contribution >= 0.6 is 0 Å². The number of benzene rings is 11. The second-order valence-corrected chi connectivity index (χ2v) is 15.6. The zero-order valence-electron chi connectivity index (χ0n) is 30.7. The van der Waals surface area contributed by atoms with Crippen LogP contribution in [0.25, 0.3) is 131 Å². The molecular formula is C54H28O4. The third-order valence-electron chi connectivity index (χ3n) is 13.0. The molecule has 2 aliphatic carbocycles. The molecule has 0 bridgehead atoms. The van der Waals surface area contributed by atoms with E-state index in [9.17, 15) is 19.8 Å². The van der Waals surface area contributed by atoms with E-state index in [1.807, 2.05) is 84.9 Å². The van der Waals surface area contributed by atoms with Gasteiger partial charge < -0.3 is 10.2 Å². The maximum Gasteiger partial charge on any atom is 0.336 e. The largest absolute Gasteiger partial charge is 0.478 e. The molecular weight excluding hydrogens is 713 g/mol. The van der Waals surface area contributed by atoms with E-state index in [2.05, 4.69) is 72.8 Å². The molecule has 0 saturated carbocycles. The summed E-state index contributed by atoms with van der Waals surface area (Å²) in [5, 5.41) is 33.9. The van der Waals surface area contributed by atoms with Crippen molar-refractivity contribution in [2.45, 2.75) is 0 Å². The molecule has 268 valence electrons. The molecule has 0 aromatic heterocycles. The Balaban J connectivity index is 1.18. The smallest absolute Gasteiger partial charge is 0.336 e. The van der Waals surface area contributed by atoms with Crippen molar-refractivity contribution in [3.63, 3.8) is 0 Å².